The van der Waals surface area contributed by atoms with Gasteiger partial charge in [0.25, 0.3) is 11.5 Å². The van der Waals surface area contributed by atoms with Crippen LogP contribution in [-0.2, 0) is 17.8 Å². The Morgan fingerprint density at radius 3 is 2.53 bits per heavy atom. The number of benzene rings is 2. The van der Waals surface area contributed by atoms with Gasteiger partial charge in [-0.05, 0) is 61.1 Å². The summed E-state index contributed by atoms with van der Waals surface area (Å²) in [6, 6.07) is 9.90. The van der Waals surface area contributed by atoms with Crippen LogP contribution < -0.4 is 16.2 Å². The molecule has 1 amide bonds. The normalized spacial score (nSPS) is 19.3. The maximum Gasteiger partial charge on any atom is 0.266 e. The molecule has 1 saturated carbocycles. The third-order valence-corrected chi connectivity index (χ3v) is 8.15. The van der Waals surface area contributed by atoms with Gasteiger partial charge in [0.1, 0.15) is 11.4 Å². The van der Waals surface area contributed by atoms with E-state index in [-0.39, 0.29) is 18.7 Å². The van der Waals surface area contributed by atoms with Gasteiger partial charge in [0, 0.05) is 37.9 Å². The molecule has 1 aliphatic carbocycles. The Bertz CT molecular complexity index is 1670. The zero-order valence-corrected chi connectivity index (χ0v) is 23.6. The van der Waals surface area contributed by atoms with E-state index in [1.165, 1.54) is 23.2 Å². The summed E-state index contributed by atoms with van der Waals surface area (Å²) in [5.41, 5.74) is 1.87. The first-order valence-electron chi connectivity index (χ1n) is 14.5. The first kappa shape index (κ1) is 28.8. The van der Waals surface area contributed by atoms with E-state index >= 15 is 0 Å². The Morgan fingerprint density at radius 2 is 1.74 bits per heavy atom. The Labute approximate surface area is 247 Å². The van der Waals surface area contributed by atoms with Crippen LogP contribution in [0.15, 0.2) is 59.9 Å². The molecule has 2 aliphatic rings. The van der Waals surface area contributed by atoms with E-state index in [2.05, 4.69) is 25.5 Å². The fraction of sp³-hybridized carbons (Fsp3) is 0.387. The number of aromatic nitrogens is 4. The van der Waals surface area contributed by atoms with E-state index in [1.807, 2.05) is 18.2 Å². The van der Waals surface area contributed by atoms with Crippen molar-refractivity contribution in [3.8, 4) is 0 Å². The minimum Gasteiger partial charge on any atom is -0.379 e. The van der Waals surface area contributed by atoms with Crippen molar-refractivity contribution in [1.82, 2.24) is 29.7 Å². The lowest BCUT2D eigenvalue weighted by molar-refractivity contribution is 0.00790. The molecule has 224 valence electrons. The lowest BCUT2D eigenvalue weighted by atomic mass is 9.90. The molecule has 2 aromatic heterocycles. The maximum absolute atomic E-state index is 13.6. The predicted molar refractivity (Wildman–Crippen MR) is 157 cm³/mol. The molecule has 0 spiro atoms. The van der Waals surface area contributed by atoms with Crippen LogP contribution >= 0.6 is 0 Å². The molecule has 10 nitrogen and oxygen atoms in total. The molecule has 0 unspecified atom stereocenters. The summed E-state index contributed by atoms with van der Waals surface area (Å²) in [5.74, 6) is -1.86. The van der Waals surface area contributed by atoms with Gasteiger partial charge >= 0.3 is 0 Å². The molecular formula is C31H33F2N7O3. The zero-order chi connectivity index (χ0) is 29.8. The van der Waals surface area contributed by atoms with Crippen LogP contribution in [0.1, 0.15) is 47.2 Å². The molecule has 12 heteroatoms. The fourth-order valence-corrected chi connectivity index (χ4v) is 5.80. The van der Waals surface area contributed by atoms with Crippen molar-refractivity contribution in [3.05, 3.63) is 93.8 Å². The van der Waals surface area contributed by atoms with Crippen molar-refractivity contribution in [3.63, 3.8) is 0 Å². The second-order valence-corrected chi connectivity index (χ2v) is 11.0. The van der Waals surface area contributed by atoms with Crippen LogP contribution in [0.5, 0.6) is 0 Å². The summed E-state index contributed by atoms with van der Waals surface area (Å²) >= 11 is 0. The Kier molecular flexibility index (Phi) is 8.66. The van der Waals surface area contributed by atoms with Crippen LogP contribution in [0.2, 0.25) is 0 Å². The topological polar surface area (TPSA) is 114 Å². The van der Waals surface area contributed by atoms with Crippen molar-refractivity contribution in [2.45, 2.75) is 50.9 Å². The van der Waals surface area contributed by atoms with Gasteiger partial charge in [0.2, 0.25) is 0 Å². The highest BCUT2D eigenvalue weighted by Crippen LogP contribution is 2.26. The first-order chi connectivity index (χ1) is 20.9. The number of nitrogens with one attached hydrogen (secondary N) is 2. The number of carbonyl (C=O) groups is 1. The molecule has 2 fully saturated rings. The highest BCUT2D eigenvalue weighted by molar-refractivity contribution is 5.93. The van der Waals surface area contributed by atoms with Gasteiger partial charge in [-0.1, -0.05) is 12.1 Å². The summed E-state index contributed by atoms with van der Waals surface area (Å²) in [5, 5.41) is 6.31. The predicted octanol–water partition coefficient (Wildman–Crippen LogP) is 3.50. The van der Waals surface area contributed by atoms with Crippen LogP contribution in [-0.4, -0.2) is 68.7 Å². The SMILES string of the molecule is O=C(NCc1ccc2ncc(NC3CCC(N4CCOCC4)CC3)nc2c1)c1cncn(Cc2ccc(F)c(F)c2)c1=O. The molecule has 3 heterocycles. The van der Waals surface area contributed by atoms with Gasteiger partial charge < -0.3 is 15.4 Å². The molecule has 4 aromatic rings. The van der Waals surface area contributed by atoms with E-state index in [1.54, 1.807) is 6.20 Å². The number of rotatable bonds is 8. The smallest absolute Gasteiger partial charge is 0.266 e. The van der Waals surface area contributed by atoms with Crippen LogP contribution in [0.4, 0.5) is 14.6 Å². The standard InChI is InChI=1S/C31H33F2N7O3/c32-25-7-1-21(13-26(25)33)18-40-19-34-16-24(31(40)42)30(41)36-15-20-2-8-27-28(14-20)38-29(17-35-27)37-22-3-5-23(6-4-22)39-9-11-43-12-10-39/h1-2,7-8,13-14,16-17,19,22-23H,3-6,9-12,15,18H2,(H,36,41)(H,37,38). The van der Waals surface area contributed by atoms with Gasteiger partial charge in [-0.3, -0.25) is 24.0 Å². The summed E-state index contributed by atoms with van der Waals surface area (Å²) in [6.45, 7) is 3.78. The molecule has 2 aromatic carbocycles. The number of anilines is 1. The number of ether oxygens (including phenoxy) is 1. The summed E-state index contributed by atoms with van der Waals surface area (Å²) < 4.78 is 33.5. The van der Waals surface area contributed by atoms with Crippen molar-refractivity contribution >= 4 is 22.8 Å². The molecular weight excluding hydrogens is 556 g/mol. The second kappa shape index (κ2) is 12.9. The average Bonchev–Trinajstić information content (AvgIpc) is 3.03. The number of amides is 1. The van der Waals surface area contributed by atoms with E-state index in [9.17, 15) is 18.4 Å². The fourth-order valence-electron chi connectivity index (χ4n) is 5.80. The van der Waals surface area contributed by atoms with Crippen molar-refractivity contribution in [2.75, 3.05) is 31.6 Å². The van der Waals surface area contributed by atoms with Crippen molar-refractivity contribution in [2.24, 2.45) is 0 Å². The van der Waals surface area contributed by atoms with Crippen molar-refractivity contribution in [1.29, 1.82) is 0 Å². The number of carbonyl (C=O) groups excluding carboxylic acids is 1. The van der Waals surface area contributed by atoms with Gasteiger partial charge in [-0.25, -0.2) is 18.7 Å². The van der Waals surface area contributed by atoms with Gasteiger partial charge in [0.15, 0.2) is 11.6 Å². The summed E-state index contributed by atoms with van der Waals surface area (Å²) in [7, 11) is 0. The first-order valence-corrected chi connectivity index (χ1v) is 14.5. The van der Waals surface area contributed by atoms with Crippen molar-refractivity contribution < 1.29 is 18.3 Å². The minimum absolute atomic E-state index is 0.0564. The van der Waals surface area contributed by atoms with Gasteiger partial charge in [-0.2, -0.15) is 0 Å². The highest BCUT2D eigenvalue weighted by atomic mass is 19.2. The van der Waals surface area contributed by atoms with Gasteiger partial charge in [0.05, 0.1) is 43.3 Å². The monoisotopic (exact) mass is 589 g/mol. The zero-order valence-electron chi connectivity index (χ0n) is 23.6. The average molecular weight is 590 g/mol. The number of nitrogens with zero attached hydrogens (tertiary/aromatic N) is 5. The highest BCUT2D eigenvalue weighted by Gasteiger charge is 2.27. The Hall–Kier alpha value is -4.29. The molecule has 1 saturated heterocycles. The Morgan fingerprint density at radius 1 is 0.953 bits per heavy atom. The molecule has 0 atom stereocenters. The summed E-state index contributed by atoms with van der Waals surface area (Å²) in [6.07, 6.45) is 8.65. The molecule has 1 aliphatic heterocycles. The Balaban J connectivity index is 1.07. The lowest BCUT2D eigenvalue weighted by Gasteiger charge is -2.39. The molecule has 2 N–H and O–H groups in total. The third kappa shape index (κ3) is 6.86. The molecule has 43 heavy (non-hydrogen) atoms. The number of halogens is 2. The van der Waals surface area contributed by atoms with Crippen LogP contribution in [0.25, 0.3) is 11.0 Å². The second-order valence-electron chi connectivity index (χ2n) is 11.0. The van der Waals surface area contributed by atoms with E-state index in [0.717, 1.165) is 81.0 Å². The molecule has 6 rings (SSSR count). The maximum atomic E-state index is 13.6. The number of hydrogen-bond donors (Lipinski definition) is 2. The third-order valence-electron chi connectivity index (χ3n) is 8.15. The number of hydrogen-bond acceptors (Lipinski definition) is 8. The lowest BCUT2D eigenvalue weighted by Crippen LogP contribution is -2.46. The van der Waals surface area contributed by atoms with E-state index in [4.69, 9.17) is 9.72 Å². The van der Waals surface area contributed by atoms with E-state index in [0.29, 0.717) is 23.2 Å². The molecule has 0 radical (unpaired) electrons. The van der Waals surface area contributed by atoms with E-state index < -0.39 is 23.1 Å². The minimum atomic E-state index is -1.01. The van der Waals surface area contributed by atoms with Gasteiger partial charge in [-0.15, -0.1) is 0 Å². The number of fused-ring (bicyclic) bond motifs is 1. The quantitative estimate of drug-likeness (QED) is 0.321. The molecule has 0 bridgehead atoms. The van der Waals surface area contributed by atoms with Crippen LogP contribution in [0, 0.1) is 11.6 Å². The largest absolute Gasteiger partial charge is 0.379 e. The summed E-state index contributed by atoms with van der Waals surface area (Å²) in [4.78, 5) is 41.7. The number of morpholine rings is 1. The van der Waals surface area contributed by atoms with Crippen LogP contribution in [0.3, 0.4) is 0 Å².